The van der Waals surface area contributed by atoms with Crippen LogP contribution in [0.25, 0.3) is 21.5 Å². The highest BCUT2D eigenvalue weighted by Gasteiger charge is 2.13. The summed E-state index contributed by atoms with van der Waals surface area (Å²) in [5.41, 5.74) is 0. The van der Waals surface area contributed by atoms with Crippen molar-refractivity contribution in [2.24, 2.45) is 0 Å². The van der Waals surface area contributed by atoms with Gasteiger partial charge in [-0.25, -0.2) is 0 Å². The van der Waals surface area contributed by atoms with E-state index in [0.29, 0.717) is 16.2 Å². The van der Waals surface area contributed by atoms with Gasteiger partial charge in [0.25, 0.3) is 0 Å². The Kier molecular flexibility index (Phi) is 2.13. The first-order valence-electron chi connectivity index (χ1n) is 5.50. The second kappa shape index (κ2) is 3.58. The molecule has 96 valence electrons. The van der Waals surface area contributed by atoms with Crippen LogP contribution in [0.15, 0.2) is 30.3 Å². The van der Waals surface area contributed by atoms with Gasteiger partial charge in [0, 0.05) is 28.3 Å². The van der Waals surface area contributed by atoms with Crippen LogP contribution in [-0.2, 0) is 0 Å². The van der Waals surface area contributed by atoms with E-state index < -0.39 is 5.75 Å². The van der Waals surface area contributed by atoms with Crippen molar-refractivity contribution in [3.8, 4) is 28.7 Å². The average Bonchev–Trinajstić information content (AvgIpc) is 2.34. The van der Waals surface area contributed by atoms with Crippen molar-refractivity contribution in [2.75, 3.05) is 0 Å². The van der Waals surface area contributed by atoms with E-state index in [1.807, 2.05) is 0 Å². The number of fused-ring (bicyclic) bond motifs is 2. The molecule has 0 bridgehead atoms. The van der Waals surface area contributed by atoms with E-state index in [-0.39, 0.29) is 28.4 Å². The number of aromatic hydroxyl groups is 5. The molecule has 0 saturated carbocycles. The molecule has 0 fully saturated rings. The number of phenolic OH excluding ortho intramolecular Hbond substituents is 5. The molecular weight excluding hydrogens is 248 g/mol. The molecule has 0 aliphatic heterocycles. The first kappa shape index (κ1) is 11.3. The van der Waals surface area contributed by atoms with Crippen molar-refractivity contribution in [3.63, 3.8) is 0 Å². The van der Waals surface area contributed by atoms with Crippen LogP contribution < -0.4 is 0 Å². The van der Waals surface area contributed by atoms with E-state index >= 15 is 0 Å². The Bertz CT molecular complexity index is 823. The Hall–Kier alpha value is -2.82. The molecule has 0 radical (unpaired) electrons. The molecule has 0 unspecified atom stereocenters. The third-order valence-corrected chi connectivity index (χ3v) is 3.10. The van der Waals surface area contributed by atoms with Crippen LogP contribution in [0.1, 0.15) is 0 Å². The van der Waals surface area contributed by atoms with Crippen LogP contribution in [0, 0.1) is 0 Å². The van der Waals surface area contributed by atoms with Crippen LogP contribution in [0.2, 0.25) is 0 Å². The quantitative estimate of drug-likeness (QED) is 0.242. The second-order valence-electron chi connectivity index (χ2n) is 4.35. The molecule has 0 amide bonds. The third kappa shape index (κ3) is 1.55. The van der Waals surface area contributed by atoms with E-state index in [1.165, 1.54) is 24.3 Å². The molecule has 0 spiro atoms. The molecule has 0 atom stereocenters. The molecule has 0 aliphatic carbocycles. The fourth-order valence-electron chi connectivity index (χ4n) is 2.20. The first-order valence-corrected chi connectivity index (χ1v) is 5.50. The standard InChI is InChI=1S/C14H10O5/c15-7-1-6-2-10-9(4-8(6)11(16)3-7)12(17)5-13(18)14(10)19/h1-5,15-19H. The summed E-state index contributed by atoms with van der Waals surface area (Å²) >= 11 is 0. The Morgan fingerprint density at radius 3 is 1.95 bits per heavy atom. The molecular formula is C14H10O5. The summed E-state index contributed by atoms with van der Waals surface area (Å²) in [6.45, 7) is 0. The minimum absolute atomic E-state index is 0.117. The lowest BCUT2D eigenvalue weighted by atomic mass is 10.0. The van der Waals surface area contributed by atoms with Gasteiger partial charge >= 0.3 is 0 Å². The number of rotatable bonds is 0. The van der Waals surface area contributed by atoms with Crippen molar-refractivity contribution in [2.45, 2.75) is 0 Å². The fraction of sp³-hybridized carbons (Fsp3) is 0. The molecule has 0 aromatic heterocycles. The summed E-state index contributed by atoms with van der Waals surface area (Å²) in [7, 11) is 0. The van der Waals surface area contributed by atoms with Gasteiger partial charge in [0.05, 0.1) is 0 Å². The summed E-state index contributed by atoms with van der Waals surface area (Å²) in [5.74, 6) is -1.26. The van der Waals surface area contributed by atoms with E-state index in [0.717, 1.165) is 6.07 Å². The Labute approximate surface area is 107 Å². The molecule has 0 heterocycles. The van der Waals surface area contributed by atoms with Crippen molar-refractivity contribution in [3.05, 3.63) is 30.3 Å². The van der Waals surface area contributed by atoms with E-state index in [1.54, 1.807) is 0 Å². The topological polar surface area (TPSA) is 101 Å². The highest BCUT2D eigenvalue weighted by atomic mass is 16.3. The normalized spacial score (nSPS) is 11.2. The molecule has 19 heavy (non-hydrogen) atoms. The maximum Gasteiger partial charge on any atom is 0.165 e. The van der Waals surface area contributed by atoms with Gasteiger partial charge in [0.15, 0.2) is 11.5 Å². The van der Waals surface area contributed by atoms with Gasteiger partial charge in [0.2, 0.25) is 0 Å². The van der Waals surface area contributed by atoms with Crippen molar-refractivity contribution < 1.29 is 25.5 Å². The first-order chi connectivity index (χ1) is 8.97. The predicted molar refractivity (Wildman–Crippen MR) is 69.8 cm³/mol. The van der Waals surface area contributed by atoms with E-state index in [2.05, 4.69) is 0 Å². The number of benzene rings is 3. The van der Waals surface area contributed by atoms with Gasteiger partial charge in [-0.1, -0.05) is 0 Å². The third-order valence-electron chi connectivity index (χ3n) is 3.10. The highest BCUT2D eigenvalue weighted by molar-refractivity contribution is 6.06. The van der Waals surface area contributed by atoms with Crippen LogP contribution in [0.5, 0.6) is 28.7 Å². The van der Waals surface area contributed by atoms with Gasteiger partial charge in [-0.05, 0) is 23.6 Å². The zero-order chi connectivity index (χ0) is 13.7. The molecule has 5 heteroatoms. The largest absolute Gasteiger partial charge is 0.508 e. The SMILES string of the molecule is Oc1cc(O)c2cc3c(O)cc(O)c(O)c3cc2c1. The number of hydrogen-bond donors (Lipinski definition) is 5. The molecule has 3 aromatic rings. The van der Waals surface area contributed by atoms with Crippen LogP contribution >= 0.6 is 0 Å². The lowest BCUT2D eigenvalue weighted by Gasteiger charge is -2.09. The van der Waals surface area contributed by atoms with Crippen molar-refractivity contribution >= 4 is 21.5 Å². The Balaban J connectivity index is 2.56. The van der Waals surface area contributed by atoms with E-state index in [9.17, 15) is 25.5 Å². The molecule has 3 aromatic carbocycles. The second-order valence-corrected chi connectivity index (χ2v) is 4.35. The minimum atomic E-state index is -0.436. The van der Waals surface area contributed by atoms with E-state index in [4.69, 9.17) is 0 Å². The fourth-order valence-corrected chi connectivity index (χ4v) is 2.20. The number of phenols is 5. The summed E-state index contributed by atoms with van der Waals surface area (Å²) in [6.07, 6.45) is 0. The summed E-state index contributed by atoms with van der Waals surface area (Å²) < 4.78 is 0. The van der Waals surface area contributed by atoms with Crippen LogP contribution in [0.3, 0.4) is 0 Å². The van der Waals surface area contributed by atoms with Gasteiger partial charge < -0.3 is 25.5 Å². The van der Waals surface area contributed by atoms with Gasteiger partial charge in [-0.3, -0.25) is 0 Å². The van der Waals surface area contributed by atoms with Gasteiger partial charge in [-0.2, -0.15) is 0 Å². The summed E-state index contributed by atoms with van der Waals surface area (Å²) in [5, 5.41) is 49.7. The number of hydrogen-bond acceptors (Lipinski definition) is 5. The minimum Gasteiger partial charge on any atom is -0.508 e. The maximum atomic E-state index is 9.79. The lowest BCUT2D eigenvalue weighted by Crippen LogP contribution is -1.81. The molecule has 0 aliphatic rings. The zero-order valence-electron chi connectivity index (χ0n) is 9.62. The molecule has 0 saturated heterocycles. The lowest BCUT2D eigenvalue weighted by molar-refractivity contribution is 0.402. The zero-order valence-corrected chi connectivity index (χ0v) is 9.62. The maximum absolute atomic E-state index is 9.79. The predicted octanol–water partition coefficient (Wildman–Crippen LogP) is 2.52. The van der Waals surface area contributed by atoms with Crippen molar-refractivity contribution in [1.82, 2.24) is 0 Å². The Morgan fingerprint density at radius 2 is 1.21 bits per heavy atom. The smallest absolute Gasteiger partial charge is 0.165 e. The van der Waals surface area contributed by atoms with Crippen LogP contribution in [-0.4, -0.2) is 25.5 Å². The van der Waals surface area contributed by atoms with Crippen molar-refractivity contribution in [1.29, 1.82) is 0 Å². The summed E-state index contributed by atoms with van der Waals surface area (Å²) in [4.78, 5) is 0. The van der Waals surface area contributed by atoms with Gasteiger partial charge in [0.1, 0.15) is 17.2 Å². The molecule has 5 N–H and O–H groups in total. The van der Waals surface area contributed by atoms with Crippen LogP contribution in [0.4, 0.5) is 0 Å². The molecule has 3 rings (SSSR count). The monoisotopic (exact) mass is 258 g/mol. The van der Waals surface area contributed by atoms with Gasteiger partial charge in [-0.15, -0.1) is 0 Å². The highest BCUT2D eigenvalue weighted by Crippen LogP contribution is 2.43. The molecule has 5 nitrogen and oxygen atoms in total. The average molecular weight is 258 g/mol. The summed E-state index contributed by atoms with van der Waals surface area (Å²) in [6, 6.07) is 6.58. The Morgan fingerprint density at radius 1 is 0.526 bits per heavy atom.